The molecule has 6 rings (SSSR count). The Bertz CT molecular complexity index is 1350. The van der Waals surface area contributed by atoms with Crippen LogP contribution in [0.4, 0.5) is 11.5 Å². The number of ether oxygens (including phenoxy) is 2. The van der Waals surface area contributed by atoms with Crippen molar-refractivity contribution in [2.75, 3.05) is 44.1 Å². The van der Waals surface area contributed by atoms with Gasteiger partial charge in [0.15, 0.2) is 11.5 Å². The minimum absolute atomic E-state index is 0.753. The number of pyridine rings is 1. The zero-order chi connectivity index (χ0) is 23.8. The lowest BCUT2D eigenvalue weighted by Crippen LogP contribution is -2.34. The Morgan fingerprint density at radius 1 is 0.914 bits per heavy atom. The van der Waals surface area contributed by atoms with E-state index in [1.165, 1.54) is 53.9 Å². The normalized spacial score (nSPS) is 14.6. The topological polar surface area (TPSA) is 51.0 Å². The number of methoxy groups -OCH3 is 2. The molecule has 6 nitrogen and oxygen atoms in total. The van der Waals surface area contributed by atoms with Crippen molar-refractivity contribution in [1.82, 2.24) is 9.38 Å². The fourth-order valence-corrected chi connectivity index (χ4v) is 5.67. The summed E-state index contributed by atoms with van der Waals surface area (Å²) in [5, 5.41) is 3.71. The quantitative estimate of drug-likeness (QED) is 0.395. The van der Waals surface area contributed by atoms with Crippen molar-refractivity contribution in [1.29, 1.82) is 0 Å². The molecule has 2 aromatic carbocycles. The number of fused-ring (bicyclic) bond motifs is 1. The molecule has 0 fully saturated rings. The number of hydrogen-bond acceptors (Lipinski definition) is 5. The van der Waals surface area contributed by atoms with Gasteiger partial charge in [-0.25, -0.2) is 4.98 Å². The number of imidazole rings is 1. The van der Waals surface area contributed by atoms with Crippen LogP contribution in [-0.4, -0.2) is 43.2 Å². The summed E-state index contributed by atoms with van der Waals surface area (Å²) in [6.07, 6.45) is 7.73. The maximum atomic E-state index is 5.48. The highest BCUT2D eigenvalue weighted by molar-refractivity contribution is 5.80. The molecule has 0 unspecified atom stereocenters. The first-order valence-corrected chi connectivity index (χ1v) is 12.6. The first-order chi connectivity index (χ1) is 17.2. The molecular weight excluding hydrogens is 436 g/mol. The van der Waals surface area contributed by atoms with E-state index in [1.54, 1.807) is 14.2 Å². The smallest absolute Gasteiger partial charge is 0.160 e. The third-order valence-corrected chi connectivity index (χ3v) is 7.29. The van der Waals surface area contributed by atoms with E-state index in [-0.39, 0.29) is 0 Å². The number of hydrogen-bond donors (Lipinski definition) is 1. The number of nitrogens with one attached hydrogen (secondary N) is 1. The van der Waals surface area contributed by atoms with Crippen LogP contribution in [0.3, 0.4) is 0 Å². The van der Waals surface area contributed by atoms with Crippen LogP contribution in [-0.2, 0) is 19.3 Å². The number of aryl methyl sites for hydroxylation is 2. The number of benzene rings is 2. The summed E-state index contributed by atoms with van der Waals surface area (Å²) in [6, 6.07) is 17.1. The van der Waals surface area contributed by atoms with Crippen molar-refractivity contribution < 1.29 is 9.47 Å². The van der Waals surface area contributed by atoms with E-state index >= 15 is 0 Å². The van der Waals surface area contributed by atoms with Crippen molar-refractivity contribution in [3.05, 3.63) is 71.4 Å². The average Bonchev–Trinajstić information content (AvgIpc) is 3.27. The van der Waals surface area contributed by atoms with Crippen molar-refractivity contribution in [3.63, 3.8) is 0 Å². The maximum absolute atomic E-state index is 5.48. The number of aromatic nitrogens is 2. The lowest BCUT2D eigenvalue weighted by atomic mass is 9.89. The molecule has 1 N–H and O–H groups in total. The van der Waals surface area contributed by atoms with Crippen molar-refractivity contribution in [3.8, 4) is 22.8 Å². The molecule has 6 heteroatoms. The summed E-state index contributed by atoms with van der Waals surface area (Å²) in [4.78, 5) is 7.66. The molecule has 0 amide bonds. The summed E-state index contributed by atoms with van der Waals surface area (Å²) >= 11 is 0. The molecule has 0 aliphatic carbocycles. The van der Waals surface area contributed by atoms with E-state index in [9.17, 15) is 0 Å². The van der Waals surface area contributed by atoms with Gasteiger partial charge in [-0.05, 0) is 85.2 Å². The van der Waals surface area contributed by atoms with Gasteiger partial charge in [0.2, 0.25) is 0 Å². The molecule has 2 aromatic heterocycles. The maximum Gasteiger partial charge on any atom is 0.160 e. The van der Waals surface area contributed by atoms with E-state index in [0.717, 1.165) is 54.5 Å². The predicted molar refractivity (Wildman–Crippen MR) is 141 cm³/mol. The zero-order valence-electron chi connectivity index (χ0n) is 20.5. The summed E-state index contributed by atoms with van der Waals surface area (Å²) < 4.78 is 13.0. The molecule has 2 aliphatic rings. The molecule has 0 spiro atoms. The predicted octanol–water partition coefficient (Wildman–Crippen LogP) is 5.37. The van der Waals surface area contributed by atoms with Gasteiger partial charge in [0.05, 0.1) is 14.2 Å². The zero-order valence-corrected chi connectivity index (χ0v) is 20.5. The minimum atomic E-state index is 0.753. The monoisotopic (exact) mass is 468 g/mol. The molecule has 0 saturated heterocycles. The summed E-state index contributed by atoms with van der Waals surface area (Å²) in [7, 11) is 3.34. The average molecular weight is 469 g/mol. The molecule has 0 bridgehead atoms. The second-order valence-electron chi connectivity index (χ2n) is 9.44. The SMILES string of the molecule is COc1ccc(CCNc2c(-c3cc4c5c(c3)CCCN5CCC4)nc3ccccn23)cc1OC. The van der Waals surface area contributed by atoms with Crippen LogP contribution in [0.1, 0.15) is 29.5 Å². The summed E-state index contributed by atoms with van der Waals surface area (Å²) in [5.74, 6) is 2.57. The van der Waals surface area contributed by atoms with Crippen LogP contribution in [0.25, 0.3) is 16.9 Å². The van der Waals surface area contributed by atoms with Crippen LogP contribution in [0, 0.1) is 0 Å². The standard InChI is InChI=1S/C29H32N4O2/c1-34-24-11-10-20(17-25(24)35-2)12-13-30-29-27(31-26-9-3-4-16-33(26)29)23-18-21-7-5-14-32-15-6-8-22(19-23)28(21)32/h3-4,9-11,16-19,30H,5-8,12-15H2,1-2H3. The molecule has 2 aliphatic heterocycles. The van der Waals surface area contributed by atoms with Crippen LogP contribution in [0.5, 0.6) is 11.5 Å². The Kier molecular flexibility index (Phi) is 5.72. The first kappa shape index (κ1) is 21.8. The molecule has 4 aromatic rings. The lowest BCUT2D eigenvalue weighted by Gasteiger charge is -2.37. The highest BCUT2D eigenvalue weighted by Crippen LogP contribution is 2.40. The third-order valence-electron chi connectivity index (χ3n) is 7.29. The Morgan fingerprint density at radius 2 is 1.69 bits per heavy atom. The van der Waals surface area contributed by atoms with Crippen molar-refractivity contribution in [2.45, 2.75) is 32.1 Å². The van der Waals surface area contributed by atoms with Gasteiger partial charge in [-0.3, -0.25) is 4.40 Å². The number of anilines is 2. The lowest BCUT2D eigenvalue weighted by molar-refractivity contribution is 0.354. The Labute approximate surface area is 206 Å². The van der Waals surface area contributed by atoms with E-state index in [1.807, 2.05) is 12.1 Å². The molecule has 0 atom stereocenters. The minimum Gasteiger partial charge on any atom is -0.493 e. The van der Waals surface area contributed by atoms with Crippen LogP contribution >= 0.6 is 0 Å². The largest absolute Gasteiger partial charge is 0.493 e. The van der Waals surface area contributed by atoms with Gasteiger partial charge in [-0.2, -0.15) is 0 Å². The molecule has 35 heavy (non-hydrogen) atoms. The van der Waals surface area contributed by atoms with E-state index < -0.39 is 0 Å². The molecule has 0 radical (unpaired) electrons. The molecule has 0 saturated carbocycles. The van der Waals surface area contributed by atoms with Gasteiger partial charge in [0.1, 0.15) is 17.2 Å². The van der Waals surface area contributed by atoms with Gasteiger partial charge in [-0.1, -0.05) is 12.1 Å². The summed E-state index contributed by atoms with van der Waals surface area (Å²) in [6.45, 7) is 3.17. The van der Waals surface area contributed by atoms with Crippen LogP contribution < -0.4 is 19.7 Å². The first-order valence-electron chi connectivity index (χ1n) is 12.6. The third kappa shape index (κ3) is 3.97. The molecule has 180 valence electrons. The van der Waals surface area contributed by atoms with Gasteiger partial charge in [0.25, 0.3) is 0 Å². The van der Waals surface area contributed by atoms with Crippen LogP contribution in [0.2, 0.25) is 0 Å². The van der Waals surface area contributed by atoms with Crippen LogP contribution in [0.15, 0.2) is 54.7 Å². The Hall–Kier alpha value is -3.67. The second-order valence-corrected chi connectivity index (χ2v) is 9.44. The molecular formula is C29H32N4O2. The van der Waals surface area contributed by atoms with Gasteiger partial charge < -0.3 is 19.7 Å². The van der Waals surface area contributed by atoms with E-state index in [0.29, 0.717) is 0 Å². The highest BCUT2D eigenvalue weighted by Gasteiger charge is 2.25. The van der Waals surface area contributed by atoms with E-state index in [2.05, 4.69) is 57.2 Å². The number of nitrogens with zero attached hydrogens (tertiary/aromatic N) is 3. The molecule has 4 heterocycles. The highest BCUT2D eigenvalue weighted by atomic mass is 16.5. The fraction of sp³-hybridized carbons (Fsp3) is 0.345. The summed E-state index contributed by atoms with van der Waals surface area (Å²) in [5.41, 5.74) is 8.88. The van der Waals surface area contributed by atoms with Crippen molar-refractivity contribution >= 4 is 17.2 Å². The Balaban J connectivity index is 1.33. The fourth-order valence-electron chi connectivity index (χ4n) is 5.67. The second kappa shape index (κ2) is 9.17. The van der Waals surface area contributed by atoms with Crippen molar-refractivity contribution in [2.24, 2.45) is 0 Å². The Morgan fingerprint density at radius 3 is 2.43 bits per heavy atom. The van der Waals surface area contributed by atoms with Gasteiger partial charge in [-0.15, -0.1) is 0 Å². The van der Waals surface area contributed by atoms with E-state index in [4.69, 9.17) is 14.5 Å². The number of rotatable bonds is 7. The van der Waals surface area contributed by atoms with Gasteiger partial charge in [0, 0.05) is 37.1 Å². The van der Waals surface area contributed by atoms with Gasteiger partial charge >= 0.3 is 0 Å².